The van der Waals surface area contributed by atoms with Crippen LogP contribution < -0.4 is 10.1 Å². The second-order valence-corrected chi connectivity index (χ2v) is 6.86. The summed E-state index contributed by atoms with van der Waals surface area (Å²) < 4.78 is 11.5. The normalized spacial score (nSPS) is 10.4. The van der Waals surface area contributed by atoms with Crippen molar-refractivity contribution in [1.29, 1.82) is 0 Å². The highest BCUT2D eigenvalue weighted by Gasteiger charge is 2.12. The number of carbonyl (C=O) groups is 1. The maximum atomic E-state index is 12.2. The van der Waals surface area contributed by atoms with Gasteiger partial charge in [-0.25, -0.2) is 0 Å². The van der Waals surface area contributed by atoms with Gasteiger partial charge in [-0.2, -0.15) is 0 Å². The molecule has 0 aliphatic heterocycles. The number of hydrogen-bond acceptors (Lipinski definition) is 4. The van der Waals surface area contributed by atoms with E-state index in [4.69, 9.17) is 9.47 Å². The first-order valence-electron chi connectivity index (χ1n) is 6.39. The topological polar surface area (TPSA) is 47.6 Å². The summed E-state index contributed by atoms with van der Waals surface area (Å²) in [6, 6.07) is 9.31. The van der Waals surface area contributed by atoms with Crippen molar-refractivity contribution in [2.45, 2.75) is 6.92 Å². The number of aryl methyl sites for hydroxylation is 1. The quantitative estimate of drug-likeness (QED) is 0.779. The third kappa shape index (κ3) is 4.56. The number of thiophene rings is 1. The fourth-order valence-corrected chi connectivity index (χ4v) is 2.99. The van der Waals surface area contributed by atoms with E-state index >= 15 is 0 Å². The third-order valence-electron chi connectivity index (χ3n) is 2.73. The van der Waals surface area contributed by atoms with Crippen LogP contribution in [-0.4, -0.2) is 26.2 Å². The van der Waals surface area contributed by atoms with Crippen molar-refractivity contribution >= 4 is 38.9 Å². The van der Waals surface area contributed by atoms with Gasteiger partial charge in [0.05, 0.1) is 21.0 Å². The minimum atomic E-state index is -0.147. The molecule has 0 radical (unpaired) electrons. The number of rotatable bonds is 6. The maximum Gasteiger partial charge on any atom is 0.265 e. The first-order chi connectivity index (χ1) is 10.1. The molecular weight excluding hydrogens is 354 g/mol. The maximum absolute atomic E-state index is 12.2. The van der Waals surface area contributed by atoms with Gasteiger partial charge in [-0.15, -0.1) is 11.3 Å². The van der Waals surface area contributed by atoms with Crippen molar-refractivity contribution in [3.8, 4) is 5.75 Å². The van der Waals surface area contributed by atoms with Crippen LogP contribution in [0.25, 0.3) is 0 Å². The number of carbonyl (C=O) groups excluding carboxylic acids is 1. The molecule has 0 bridgehead atoms. The van der Waals surface area contributed by atoms with Gasteiger partial charge in [0.15, 0.2) is 0 Å². The van der Waals surface area contributed by atoms with Crippen LogP contribution in [0.3, 0.4) is 0 Å². The van der Waals surface area contributed by atoms with Gasteiger partial charge in [0.1, 0.15) is 12.4 Å². The molecule has 0 aliphatic rings. The average molecular weight is 370 g/mol. The Hall–Kier alpha value is -1.37. The number of methoxy groups -OCH3 is 1. The number of nitrogens with one attached hydrogen (secondary N) is 1. The summed E-state index contributed by atoms with van der Waals surface area (Å²) in [6.45, 7) is 2.91. The fraction of sp³-hybridized carbons (Fsp3) is 0.267. The highest BCUT2D eigenvalue weighted by atomic mass is 79.9. The van der Waals surface area contributed by atoms with Crippen molar-refractivity contribution in [3.05, 3.63) is 44.6 Å². The van der Waals surface area contributed by atoms with Gasteiger partial charge in [0.25, 0.3) is 5.91 Å². The van der Waals surface area contributed by atoms with Gasteiger partial charge >= 0.3 is 0 Å². The van der Waals surface area contributed by atoms with Gasteiger partial charge in [0, 0.05) is 7.11 Å². The molecule has 1 aromatic carbocycles. The molecule has 0 saturated heterocycles. The highest BCUT2D eigenvalue weighted by molar-refractivity contribution is 9.11. The van der Waals surface area contributed by atoms with Crippen LogP contribution in [0, 0.1) is 6.92 Å². The lowest BCUT2D eigenvalue weighted by atomic mass is 10.2. The molecule has 0 fully saturated rings. The summed E-state index contributed by atoms with van der Waals surface area (Å²) in [5.74, 6) is 0.502. The van der Waals surface area contributed by atoms with Crippen molar-refractivity contribution < 1.29 is 14.3 Å². The van der Waals surface area contributed by atoms with Crippen LogP contribution in [0.5, 0.6) is 5.75 Å². The Bertz CT molecular complexity index is 627. The predicted octanol–water partition coefficient (Wildman–Crippen LogP) is 4.10. The molecule has 4 nitrogen and oxygen atoms in total. The lowest BCUT2D eigenvalue weighted by molar-refractivity contribution is 0.102. The summed E-state index contributed by atoms with van der Waals surface area (Å²) in [6.07, 6.45) is 0. The fourth-order valence-electron chi connectivity index (χ4n) is 1.71. The molecule has 1 N–H and O–H groups in total. The molecule has 21 heavy (non-hydrogen) atoms. The number of amides is 1. The van der Waals surface area contributed by atoms with Crippen LogP contribution in [0.15, 0.2) is 34.1 Å². The van der Waals surface area contributed by atoms with E-state index in [0.717, 1.165) is 9.35 Å². The van der Waals surface area contributed by atoms with Gasteiger partial charge in [0.2, 0.25) is 0 Å². The minimum absolute atomic E-state index is 0.147. The zero-order chi connectivity index (χ0) is 15.2. The molecule has 112 valence electrons. The average Bonchev–Trinajstić information content (AvgIpc) is 2.88. The van der Waals surface area contributed by atoms with Gasteiger partial charge in [-0.1, -0.05) is 6.07 Å². The Morgan fingerprint density at radius 2 is 2.10 bits per heavy atom. The van der Waals surface area contributed by atoms with E-state index in [2.05, 4.69) is 21.2 Å². The molecule has 2 aromatic rings. The molecular formula is C15H16BrNO3S. The van der Waals surface area contributed by atoms with Crippen LogP contribution in [0.4, 0.5) is 5.69 Å². The van der Waals surface area contributed by atoms with E-state index in [1.807, 2.05) is 31.2 Å². The van der Waals surface area contributed by atoms with Gasteiger partial charge < -0.3 is 14.8 Å². The van der Waals surface area contributed by atoms with E-state index in [1.165, 1.54) is 11.3 Å². The smallest absolute Gasteiger partial charge is 0.265 e. The Morgan fingerprint density at radius 3 is 2.76 bits per heavy atom. The SMILES string of the molecule is COCCOc1cc(C)ccc1NC(=O)c1ccc(Br)s1. The monoisotopic (exact) mass is 369 g/mol. The number of ether oxygens (including phenoxy) is 2. The summed E-state index contributed by atoms with van der Waals surface area (Å²) in [5.41, 5.74) is 1.73. The largest absolute Gasteiger partial charge is 0.489 e. The first kappa shape index (κ1) is 16.0. The summed E-state index contributed by atoms with van der Waals surface area (Å²) in [7, 11) is 1.62. The Balaban J connectivity index is 2.13. The van der Waals surface area contributed by atoms with E-state index in [9.17, 15) is 4.79 Å². The third-order valence-corrected chi connectivity index (χ3v) is 4.35. The summed E-state index contributed by atoms with van der Waals surface area (Å²) in [5, 5.41) is 2.88. The lowest BCUT2D eigenvalue weighted by Gasteiger charge is -2.12. The second-order valence-electron chi connectivity index (χ2n) is 4.40. The van der Waals surface area contributed by atoms with Crippen LogP contribution >= 0.6 is 27.3 Å². The number of hydrogen-bond donors (Lipinski definition) is 1. The van der Waals surface area contributed by atoms with E-state index in [1.54, 1.807) is 13.2 Å². The molecule has 1 heterocycles. The Morgan fingerprint density at radius 1 is 1.29 bits per heavy atom. The van der Waals surface area contributed by atoms with Crippen molar-refractivity contribution in [3.63, 3.8) is 0 Å². The molecule has 1 aromatic heterocycles. The van der Waals surface area contributed by atoms with Crippen molar-refractivity contribution in [2.75, 3.05) is 25.6 Å². The predicted molar refractivity (Wildman–Crippen MR) is 88.5 cm³/mol. The van der Waals surface area contributed by atoms with Crippen molar-refractivity contribution in [1.82, 2.24) is 0 Å². The minimum Gasteiger partial charge on any atom is -0.489 e. The number of anilines is 1. The Labute approximate surface area is 136 Å². The van der Waals surface area contributed by atoms with Gasteiger partial charge in [-0.3, -0.25) is 4.79 Å². The van der Waals surface area contributed by atoms with E-state index in [0.29, 0.717) is 29.5 Å². The van der Waals surface area contributed by atoms with Crippen LogP contribution in [0.1, 0.15) is 15.2 Å². The molecule has 6 heteroatoms. The standard InChI is InChI=1S/C15H16BrNO3S/c1-10-3-4-11(12(9-10)20-8-7-19-2)17-15(18)13-5-6-14(16)21-13/h3-6,9H,7-8H2,1-2H3,(H,17,18). The Kier molecular flexibility index (Phi) is 5.78. The van der Waals surface area contributed by atoms with Gasteiger partial charge in [-0.05, 0) is 52.7 Å². The number of halogens is 1. The summed E-state index contributed by atoms with van der Waals surface area (Å²) in [4.78, 5) is 12.8. The lowest BCUT2D eigenvalue weighted by Crippen LogP contribution is -2.12. The second kappa shape index (κ2) is 7.59. The molecule has 0 unspecified atom stereocenters. The molecule has 0 atom stereocenters. The zero-order valence-electron chi connectivity index (χ0n) is 11.8. The van der Waals surface area contributed by atoms with Crippen LogP contribution in [0.2, 0.25) is 0 Å². The number of benzene rings is 1. The van der Waals surface area contributed by atoms with E-state index in [-0.39, 0.29) is 5.91 Å². The molecule has 0 aliphatic carbocycles. The summed E-state index contributed by atoms with van der Waals surface area (Å²) >= 11 is 4.74. The van der Waals surface area contributed by atoms with E-state index < -0.39 is 0 Å². The molecule has 0 saturated carbocycles. The molecule has 2 rings (SSSR count). The van der Waals surface area contributed by atoms with Crippen LogP contribution in [-0.2, 0) is 4.74 Å². The first-order valence-corrected chi connectivity index (χ1v) is 8.00. The zero-order valence-corrected chi connectivity index (χ0v) is 14.2. The molecule has 0 spiro atoms. The molecule has 1 amide bonds. The van der Waals surface area contributed by atoms with Crippen molar-refractivity contribution in [2.24, 2.45) is 0 Å². The highest BCUT2D eigenvalue weighted by Crippen LogP contribution is 2.28.